The summed E-state index contributed by atoms with van der Waals surface area (Å²) in [5.41, 5.74) is 2.51. The van der Waals surface area contributed by atoms with Gasteiger partial charge in [-0.3, -0.25) is 4.98 Å². The first-order valence-electron chi connectivity index (χ1n) is 12.1. The number of hydrogen-bond acceptors (Lipinski definition) is 9. The largest absolute Gasteiger partial charge is 0.454 e. The standard InChI is InChI=1S/C26H31N3O7S2/c1-18(2)13-29(38(32,33)21-8-9-24-25(11-21)36-17-35-24)14-23(30)22(10-19-6-4-3-5-7-19)28-26(31)34-15-20-12-27-16-37-20/h3-9,11-12,16,18,22-23,30H,10,13-15,17H2,1-2H3,(H,28,31)/t22-,23+/m0/s1. The number of nitrogens with one attached hydrogen (secondary N) is 1. The van der Waals surface area contributed by atoms with Crippen molar-refractivity contribution in [1.29, 1.82) is 0 Å². The van der Waals surface area contributed by atoms with Crippen LogP contribution >= 0.6 is 11.3 Å². The van der Waals surface area contributed by atoms with Gasteiger partial charge in [0.15, 0.2) is 11.5 Å². The summed E-state index contributed by atoms with van der Waals surface area (Å²) in [5, 5.41) is 14.0. The second kappa shape index (κ2) is 12.6. The van der Waals surface area contributed by atoms with E-state index in [1.807, 2.05) is 44.2 Å². The Hall–Kier alpha value is -3.19. The van der Waals surface area contributed by atoms with Gasteiger partial charge < -0.3 is 24.6 Å². The molecule has 2 aromatic carbocycles. The fourth-order valence-electron chi connectivity index (χ4n) is 3.99. The molecule has 2 atom stereocenters. The Balaban J connectivity index is 1.52. The van der Waals surface area contributed by atoms with E-state index in [0.29, 0.717) is 11.5 Å². The molecular formula is C26H31N3O7S2. The molecule has 0 saturated carbocycles. The third kappa shape index (κ3) is 7.22. The van der Waals surface area contributed by atoms with Gasteiger partial charge in [0.25, 0.3) is 0 Å². The molecule has 38 heavy (non-hydrogen) atoms. The molecule has 1 aliphatic heterocycles. The predicted octanol–water partition coefficient (Wildman–Crippen LogP) is 3.42. The minimum atomic E-state index is -4.00. The molecule has 1 aliphatic rings. The highest BCUT2D eigenvalue weighted by Gasteiger charge is 2.32. The molecule has 10 nitrogen and oxygen atoms in total. The van der Waals surface area contributed by atoms with E-state index < -0.39 is 28.3 Å². The van der Waals surface area contributed by atoms with Crippen molar-refractivity contribution >= 4 is 27.5 Å². The molecule has 0 spiro atoms. The molecule has 0 fully saturated rings. The van der Waals surface area contributed by atoms with Gasteiger partial charge in [0, 0.05) is 25.4 Å². The molecule has 3 aromatic rings. The number of rotatable bonds is 12. The highest BCUT2D eigenvalue weighted by atomic mass is 32.2. The molecule has 4 rings (SSSR count). The summed E-state index contributed by atoms with van der Waals surface area (Å²) in [6.07, 6.45) is -0.0582. The Bertz CT molecular complexity index is 1300. The van der Waals surface area contributed by atoms with Gasteiger partial charge in [-0.2, -0.15) is 4.31 Å². The first-order chi connectivity index (χ1) is 18.2. The van der Waals surface area contributed by atoms with Crippen LogP contribution in [0.5, 0.6) is 11.5 Å². The van der Waals surface area contributed by atoms with Crippen molar-refractivity contribution in [3.8, 4) is 11.5 Å². The van der Waals surface area contributed by atoms with E-state index in [2.05, 4.69) is 10.3 Å². The molecule has 0 saturated heterocycles. The van der Waals surface area contributed by atoms with E-state index >= 15 is 0 Å². The highest BCUT2D eigenvalue weighted by molar-refractivity contribution is 7.89. The zero-order chi connectivity index (χ0) is 27.1. The summed E-state index contributed by atoms with van der Waals surface area (Å²) in [4.78, 5) is 17.4. The molecule has 0 aliphatic carbocycles. The van der Waals surface area contributed by atoms with Gasteiger partial charge in [-0.25, -0.2) is 13.2 Å². The summed E-state index contributed by atoms with van der Waals surface area (Å²) in [7, 11) is -4.00. The van der Waals surface area contributed by atoms with Gasteiger partial charge in [0.2, 0.25) is 16.8 Å². The van der Waals surface area contributed by atoms with Crippen LogP contribution in [0, 0.1) is 5.92 Å². The SMILES string of the molecule is CC(C)CN(C[C@@H](O)[C@H](Cc1ccccc1)NC(=O)OCc1cncs1)S(=O)(=O)c1ccc2c(c1)OCO2. The van der Waals surface area contributed by atoms with Crippen LogP contribution in [0.15, 0.2) is 65.1 Å². The Morgan fingerprint density at radius 2 is 1.92 bits per heavy atom. The van der Waals surface area contributed by atoms with Crippen LogP contribution in [-0.4, -0.2) is 60.9 Å². The van der Waals surface area contributed by atoms with E-state index in [9.17, 15) is 18.3 Å². The number of sulfonamides is 1. The number of hydrogen-bond donors (Lipinski definition) is 2. The first kappa shape index (κ1) is 27.8. The quantitative estimate of drug-likeness (QED) is 0.344. The number of amides is 1. The number of aliphatic hydroxyl groups is 1. The van der Waals surface area contributed by atoms with E-state index in [1.165, 1.54) is 27.8 Å². The predicted molar refractivity (Wildman–Crippen MR) is 142 cm³/mol. The van der Waals surface area contributed by atoms with E-state index in [4.69, 9.17) is 14.2 Å². The summed E-state index contributed by atoms with van der Waals surface area (Å²) in [5.74, 6) is 0.808. The number of ether oxygens (including phenoxy) is 3. The summed E-state index contributed by atoms with van der Waals surface area (Å²) >= 11 is 1.36. The molecule has 0 radical (unpaired) electrons. The third-order valence-electron chi connectivity index (χ3n) is 5.84. The average Bonchev–Trinajstić information content (AvgIpc) is 3.58. The average molecular weight is 562 g/mol. The second-order valence-corrected chi connectivity index (χ2v) is 12.2. The summed E-state index contributed by atoms with van der Waals surface area (Å²) < 4.78 is 44.5. The summed E-state index contributed by atoms with van der Waals surface area (Å²) in [6.45, 7) is 3.79. The van der Waals surface area contributed by atoms with E-state index in [1.54, 1.807) is 17.8 Å². The Morgan fingerprint density at radius 1 is 1.16 bits per heavy atom. The van der Waals surface area contributed by atoms with Crippen LogP contribution < -0.4 is 14.8 Å². The third-order valence-corrected chi connectivity index (χ3v) is 8.42. The number of aliphatic hydroxyl groups excluding tert-OH is 1. The first-order valence-corrected chi connectivity index (χ1v) is 14.5. The van der Waals surface area contributed by atoms with Crippen molar-refractivity contribution in [2.45, 2.75) is 43.9 Å². The van der Waals surface area contributed by atoms with Gasteiger partial charge in [-0.15, -0.1) is 11.3 Å². The molecule has 204 valence electrons. The smallest absolute Gasteiger partial charge is 0.407 e. The second-order valence-electron chi connectivity index (χ2n) is 9.28. The number of nitrogens with zero attached hydrogens (tertiary/aromatic N) is 2. The van der Waals surface area contributed by atoms with Crippen molar-refractivity contribution < 1.29 is 32.5 Å². The van der Waals surface area contributed by atoms with Crippen LogP contribution in [0.3, 0.4) is 0 Å². The lowest BCUT2D eigenvalue weighted by atomic mass is 10.0. The number of aromatic nitrogens is 1. The van der Waals surface area contributed by atoms with Crippen LogP contribution in [0.4, 0.5) is 4.79 Å². The Morgan fingerprint density at radius 3 is 2.63 bits per heavy atom. The van der Waals surface area contributed by atoms with Crippen molar-refractivity contribution in [3.63, 3.8) is 0 Å². The lowest BCUT2D eigenvalue weighted by Crippen LogP contribution is -2.51. The fourth-order valence-corrected chi connectivity index (χ4v) is 6.14. The monoisotopic (exact) mass is 561 g/mol. The number of fused-ring (bicyclic) bond motifs is 1. The molecule has 12 heteroatoms. The maximum Gasteiger partial charge on any atom is 0.407 e. The van der Waals surface area contributed by atoms with Crippen molar-refractivity contribution in [2.75, 3.05) is 19.9 Å². The minimum Gasteiger partial charge on any atom is -0.454 e. The molecular weight excluding hydrogens is 530 g/mol. The Labute approximate surface area is 226 Å². The molecule has 2 heterocycles. The number of carbonyl (C=O) groups is 1. The summed E-state index contributed by atoms with van der Waals surface area (Å²) in [6, 6.07) is 13.0. The zero-order valence-electron chi connectivity index (χ0n) is 21.1. The fraction of sp³-hybridized carbons (Fsp3) is 0.385. The molecule has 1 aromatic heterocycles. The van der Waals surface area contributed by atoms with Crippen LogP contribution in [0.25, 0.3) is 0 Å². The van der Waals surface area contributed by atoms with Crippen LogP contribution in [0.1, 0.15) is 24.3 Å². The van der Waals surface area contributed by atoms with E-state index in [-0.39, 0.29) is 43.7 Å². The van der Waals surface area contributed by atoms with Crippen molar-refractivity contribution in [3.05, 3.63) is 70.7 Å². The lowest BCUT2D eigenvalue weighted by molar-refractivity contribution is 0.0876. The minimum absolute atomic E-state index is 0.0177. The number of carbonyl (C=O) groups excluding carboxylic acids is 1. The maximum absolute atomic E-state index is 13.6. The molecule has 0 unspecified atom stereocenters. The highest BCUT2D eigenvalue weighted by Crippen LogP contribution is 2.34. The number of thiazole rings is 1. The van der Waals surface area contributed by atoms with Gasteiger partial charge >= 0.3 is 6.09 Å². The van der Waals surface area contributed by atoms with Gasteiger partial charge in [-0.1, -0.05) is 44.2 Å². The van der Waals surface area contributed by atoms with Crippen LogP contribution in [-0.2, 0) is 27.8 Å². The normalized spacial score (nSPS) is 14.4. The maximum atomic E-state index is 13.6. The van der Waals surface area contributed by atoms with Gasteiger partial charge in [0.1, 0.15) is 6.61 Å². The molecule has 2 N–H and O–H groups in total. The zero-order valence-corrected chi connectivity index (χ0v) is 22.8. The number of alkyl carbamates (subject to hydrolysis) is 1. The molecule has 0 bridgehead atoms. The van der Waals surface area contributed by atoms with Gasteiger partial charge in [-0.05, 0) is 30.0 Å². The van der Waals surface area contributed by atoms with Gasteiger partial charge in [0.05, 0.1) is 27.4 Å². The Kier molecular flexibility index (Phi) is 9.21. The topological polar surface area (TPSA) is 127 Å². The van der Waals surface area contributed by atoms with Crippen LogP contribution in [0.2, 0.25) is 0 Å². The van der Waals surface area contributed by atoms with Crippen molar-refractivity contribution in [1.82, 2.24) is 14.6 Å². The lowest BCUT2D eigenvalue weighted by Gasteiger charge is -2.30. The van der Waals surface area contributed by atoms with E-state index in [0.717, 1.165) is 10.4 Å². The van der Waals surface area contributed by atoms with Crippen molar-refractivity contribution in [2.24, 2.45) is 5.92 Å². The number of benzene rings is 2. The molecule has 1 amide bonds.